The van der Waals surface area contributed by atoms with E-state index in [0.717, 1.165) is 5.56 Å². The standard InChI is InChI=1S/C11H8F3NO/c12-8-3-9(13)11(10(14)4-8)15-5-7-1-2-16-6-7/h1-4,6,15H,5H2. The van der Waals surface area contributed by atoms with Crippen LogP contribution >= 0.6 is 0 Å². The van der Waals surface area contributed by atoms with Gasteiger partial charge < -0.3 is 9.73 Å². The van der Waals surface area contributed by atoms with Crippen LogP contribution in [0.4, 0.5) is 18.9 Å². The number of furan rings is 1. The Balaban J connectivity index is 2.15. The lowest BCUT2D eigenvalue weighted by Crippen LogP contribution is -2.03. The third kappa shape index (κ3) is 2.18. The van der Waals surface area contributed by atoms with Gasteiger partial charge in [-0.05, 0) is 6.07 Å². The first kappa shape index (κ1) is 10.6. The van der Waals surface area contributed by atoms with E-state index in [9.17, 15) is 13.2 Å². The Morgan fingerprint density at radius 3 is 2.38 bits per heavy atom. The van der Waals surface area contributed by atoms with Crippen molar-refractivity contribution in [2.75, 3.05) is 5.32 Å². The quantitative estimate of drug-likeness (QED) is 0.870. The molecular weight excluding hydrogens is 219 g/mol. The second-order valence-corrected chi connectivity index (χ2v) is 3.23. The summed E-state index contributed by atoms with van der Waals surface area (Å²) in [7, 11) is 0. The number of hydrogen-bond donors (Lipinski definition) is 1. The van der Waals surface area contributed by atoms with Crippen LogP contribution in [0.3, 0.4) is 0 Å². The van der Waals surface area contributed by atoms with Gasteiger partial charge in [0, 0.05) is 24.2 Å². The molecule has 0 spiro atoms. The first-order chi connectivity index (χ1) is 7.66. The topological polar surface area (TPSA) is 25.2 Å². The van der Waals surface area contributed by atoms with Gasteiger partial charge in [0.15, 0.2) is 11.6 Å². The lowest BCUT2D eigenvalue weighted by Gasteiger charge is -2.07. The van der Waals surface area contributed by atoms with E-state index in [4.69, 9.17) is 4.42 Å². The summed E-state index contributed by atoms with van der Waals surface area (Å²) in [5, 5.41) is 2.53. The highest BCUT2D eigenvalue weighted by atomic mass is 19.1. The van der Waals surface area contributed by atoms with Gasteiger partial charge >= 0.3 is 0 Å². The van der Waals surface area contributed by atoms with Crippen molar-refractivity contribution < 1.29 is 17.6 Å². The second kappa shape index (κ2) is 4.30. The fourth-order valence-corrected chi connectivity index (χ4v) is 1.29. The van der Waals surface area contributed by atoms with Crippen LogP contribution in [-0.2, 0) is 6.54 Å². The van der Waals surface area contributed by atoms with E-state index >= 15 is 0 Å². The zero-order valence-electron chi connectivity index (χ0n) is 8.14. The Hall–Kier alpha value is -1.91. The molecule has 1 aromatic heterocycles. The van der Waals surface area contributed by atoms with Crippen LogP contribution in [0.2, 0.25) is 0 Å². The lowest BCUT2D eigenvalue weighted by molar-refractivity contribution is 0.546. The van der Waals surface area contributed by atoms with E-state index in [2.05, 4.69) is 5.32 Å². The molecular formula is C11H8F3NO. The maximum absolute atomic E-state index is 13.2. The maximum Gasteiger partial charge on any atom is 0.152 e. The predicted octanol–water partition coefficient (Wildman–Crippen LogP) is 3.31. The number of benzene rings is 1. The predicted molar refractivity (Wildman–Crippen MR) is 52.4 cm³/mol. The van der Waals surface area contributed by atoms with Crippen molar-refractivity contribution in [3.63, 3.8) is 0 Å². The molecule has 0 unspecified atom stereocenters. The number of rotatable bonds is 3. The fourth-order valence-electron chi connectivity index (χ4n) is 1.29. The second-order valence-electron chi connectivity index (χ2n) is 3.23. The van der Waals surface area contributed by atoms with Crippen molar-refractivity contribution in [3.8, 4) is 0 Å². The van der Waals surface area contributed by atoms with E-state index in [1.807, 2.05) is 0 Å². The molecule has 1 heterocycles. The smallest absolute Gasteiger partial charge is 0.152 e. The molecule has 0 fully saturated rings. The summed E-state index contributed by atoms with van der Waals surface area (Å²) in [5.74, 6) is -2.86. The van der Waals surface area contributed by atoms with Crippen molar-refractivity contribution in [2.24, 2.45) is 0 Å². The monoisotopic (exact) mass is 227 g/mol. The Kier molecular flexibility index (Phi) is 2.85. The lowest BCUT2D eigenvalue weighted by atomic mass is 10.2. The SMILES string of the molecule is Fc1cc(F)c(NCc2ccoc2)c(F)c1. The molecule has 2 rings (SSSR count). The molecule has 2 nitrogen and oxygen atoms in total. The summed E-state index contributed by atoms with van der Waals surface area (Å²) in [6, 6.07) is 2.91. The van der Waals surface area contributed by atoms with Gasteiger partial charge in [-0.1, -0.05) is 0 Å². The van der Waals surface area contributed by atoms with Crippen LogP contribution in [0.15, 0.2) is 35.1 Å². The number of anilines is 1. The molecule has 16 heavy (non-hydrogen) atoms. The minimum atomic E-state index is -0.957. The Labute approximate surface area is 89.7 Å². The van der Waals surface area contributed by atoms with E-state index < -0.39 is 17.5 Å². The summed E-state index contributed by atoms with van der Waals surface area (Å²) < 4.78 is 43.7. The molecule has 0 saturated carbocycles. The van der Waals surface area contributed by atoms with E-state index in [0.29, 0.717) is 12.1 Å². The number of hydrogen-bond acceptors (Lipinski definition) is 2. The minimum Gasteiger partial charge on any atom is -0.472 e. The molecule has 84 valence electrons. The van der Waals surface area contributed by atoms with Crippen LogP contribution in [-0.4, -0.2) is 0 Å². The average Bonchev–Trinajstić information content (AvgIpc) is 2.68. The van der Waals surface area contributed by atoms with E-state index in [1.165, 1.54) is 12.5 Å². The molecule has 0 aliphatic heterocycles. The highest BCUT2D eigenvalue weighted by Gasteiger charge is 2.10. The van der Waals surface area contributed by atoms with E-state index in [1.54, 1.807) is 6.07 Å². The third-order valence-corrected chi connectivity index (χ3v) is 2.06. The zero-order chi connectivity index (χ0) is 11.5. The van der Waals surface area contributed by atoms with Crippen LogP contribution in [0.25, 0.3) is 0 Å². The molecule has 5 heteroatoms. The minimum absolute atomic E-state index is 0.204. The normalized spacial score (nSPS) is 10.4. The molecule has 0 bridgehead atoms. The molecule has 1 N–H and O–H groups in total. The van der Waals surface area contributed by atoms with Crippen LogP contribution in [0, 0.1) is 17.5 Å². The van der Waals surface area contributed by atoms with Gasteiger partial charge in [0.2, 0.25) is 0 Å². The summed E-state index contributed by atoms with van der Waals surface area (Å²) in [5.41, 5.74) is 0.394. The van der Waals surface area contributed by atoms with Gasteiger partial charge in [-0.15, -0.1) is 0 Å². The van der Waals surface area contributed by atoms with Crippen molar-refractivity contribution in [1.29, 1.82) is 0 Å². The molecule has 0 aliphatic carbocycles. The summed E-state index contributed by atoms with van der Waals surface area (Å²) in [6.45, 7) is 0.204. The maximum atomic E-state index is 13.2. The highest BCUT2D eigenvalue weighted by Crippen LogP contribution is 2.20. The van der Waals surface area contributed by atoms with Gasteiger partial charge in [-0.3, -0.25) is 0 Å². The zero-order valence-corrected chi connectivity index (χ0v) is 8.14. The fraction of sp³-hybridized carbons (Fsp3) is 0.0909. The van der Waals surface area contributed by atoms with Crippen molar-refractivity contribution >= 4 is 5.69 Å². The first-order valence-electron chi connectivity index (χ1n) is 4.56. The molecule has 0 amide bonds. The summed E-state index contributed by atoms with van der Waals surface area (Å²) in [4.78, 5) is 0. The van der Waals surface area contributed by atoms with Crippen LogP contribution in [0.5, 0.6) is 0 Å². The van der Waals surface area contributed by atoms with Crippen molar-refractivity contribution in [1.82, 2.24) is 0 Å². The van der Waals surface area contributed by atoms with Gasteiger partial charge in [-0.25, -0.2) is 13.2 Å². The third-order valence-electron chi connectivity index (χ3n) is 2.06. The molecule has 2 aromatic rings. The number of halogens is 3. The first-order valence-corrected chi connectivity index (χ1v) is 4.56. The largest absolute Gasteiger partial charge is 0.472 e. The van der Waals surface area contributed by atoms with Crippen LogP contribution in [0.1, 0.15) is 5.56 Å². The Bertz CT molecular complexity index is 459. The molecule has 0 atom stereocenters. The molecule has 0 radical (unpaired) electrons. The van der Waals surface area contributed by atoms with Gasteiger partial charge in [0.1, 0.15) is 11.5 Å². The summed E-state index contributed by atoms with van der Waals surface area (Å²) in [6.07, 6.45) is 2.90. The van der Waals surface area contributed by atoms with Crippen LogP contribution < -0.4 is 5.32 Å². The number of nitrogens with one attached hydrogen (secondary N) is 1. The van der Waals surface area contributed by atoms with Crippen molar-refractivity contribution in [3.05, 3.63) is 53.7 Å². The highest BCUT2D eigenvalue weighted by molar-refractivity contribution is 5.46. The average molecular weight is 227 g/mol. The summed E-state index contributed by atoms with van der Waals surface area (Å²) >= 11 is 0. The molecule has 0 aliphatic rings. The van der Waals surface area contributed by atoms with Crippen molar-refractivity contribution in [2.45, 2.75) is 6.54 Å². The van der Waals surface area contributed by atoms with Gasteiger partial charge in [0.25, 0.3) is 0 Å². The van der Waals surface area contributed by atoms with Gasteiger partial charge in [0.05, 0.1) is 12.5 Å². The Morgan fingerprint density at radius 2 is 1.81 bits per heavy atom. The molecule has 1 aromatic carbocycles. The van der Waals surface area contributed by atoms with E-state index in [-0.39, 0.29) is 12.2 Å². The van der Waals surface area contributed by atoms with Gasteiger partial charge in [-0.2, -0.15) is 0 Å². The molecule has 0 saturated heterocycles. The Morgan fingerprint density at radius 1 is 1.12 bits per heavy atom.